The second-order valence-electron chi connectivity index (χ2n) is 3.66. The molecule has 0 saturated heterocycles. The summed E-state index contributed by atoms with van der Waals surface area (Å²) in [7, 11) is 1.58. The van der Waals surface area contributed by atoms with E-state index in [0.717, 1.165) is 11.1 Å². The molecule has 17 heavy (non-hydrogen) atoms. The van der Waals surface area contributed by atoms with Crippen molar-refractivity contribution in [2.75, 3.05) is 7.11 Å². The molecule has 0 bridgehead atoms. The minimum Gasteiger partial charge on any atom is -0.481 e. The normalized spacial score (nSPS) is 12.2. The number of rotatable bonds is 3. The molecular weight excluding hydrogens is 236 g/mol. The fraction of sp³-hybridized carbons (Fsp3) is 0.154. The van der Waals surface area contributed by atoms with E-state index in [9.17, 15) is 0 Å². The fourth-order valence-corrected chi connectivity index (χ4v) is 1.69. The number of methoxy groups -OCH3 is 1. The molecule has 88 valence electrons. The highest BCUT2D eigenvalue weighted by Gasteiger charge is 2.09. The fourth-order valence-electron chi connectivity index (χ4n) is 1.56. The summed E-state index contributed by atoms with van der Waals surface area (Å²) in [5, 5.41) is 0.703. The van der Waals surface area contributed by atoms with Gasteiger partial charge in [-0.2, -0.15) is 0 Å². The molecule has 1 aromatic carbocycles. The molecule has 2 rings (SSSR count). The summed E-state index contributed by atoms with van der Waals surface area (Å²) >= 11 is 5.83. The zero-order valence-corrected chi connectivity index (χ0v) is 10.2. The van der Waals surface area contributed by atoms with E-state index >= 15 is 0 Å². The quantitative estimate of drug-likeness (QED) is 0.909. The Morgan fingerprint density at radius 2 is 1.76 bits per heavy atom. The standard InChI is InChI=1S/C13H13ClN2O/c1-17-12-7-4-10(8-16-12)13(15)9-2-5-11(14)6-3-9/h2-8,13H,15H2,1H3. The van der Waals surface area contributed by atoms with Crippen molar-refractivity contribution in [2.24, 2.45) is 5.73 Å². The Morgan fingerprint density at radius 3 is 2.29 bits per heavy atom. The van der Waals surface area contributed by atoms with Crippen LogP contribution in [-0.4, -0.2) is 12.1 Å². The van der Waals surface area contributed by atoms with Gasteiger partial charge in [0.25, 0.3) is 0 Å². The number of aromatic nitrogens is 1. The number of pyridine rings is 1. The lowest BCUT2D eigenvalue weighted by atomic mass is 10.0. The Hall–Kier alpha value is -1.58. The Kier molecular flexibility index (Phi) is 3.61. The first-order chi connectivity index (χ1) is 8.20. The minimum atomic E-state index is -0.203. The largest absolute Gasteiger partial charge is 0.481 e. The lowest BCUT2D eigenvalue weighted by molar-refractivity contribution is 0.397. The van der Waals surface area contributed by atoms with Crippen molar-refractivity contribution in [1.29, 1.82) is 0 Å². The van der Waals surface area contributed by atoms with E-state index < -0.39 is 0 Å². The molecule has 2 N–H and O–H groups in total. The van der Waals surface area contributed by atoms with Crippen LogP contribution in [0.1, 0.15) is 17.2 Å². The lowest BCUT2D eigenvalue weighted by Crippen LogP contribution is -2.11. The van der Waals surface area contributed by atoms with Crippen LogP contribution < -0.4 is 10.5 Å². The second kappa shape index (κ2) is 5.17. The number of benzene rings is 1. The van der Waals surface area contributed by atoms with E-state index in [1.807, 2.05) is 30.3 Å². The monoisotopic (exact) mass is 248 g/mol. The average Bonchev–Trinajstić information content (AvgIpc) is 2.39. The molecule has 0 saturated carbocycles. The number of hydrogen-bond acceptors (Lipinski definition) is 3. The van der Waals surface area contributed by atoms with Crippen LogP contribution in [0.2, 0.25) is 5.02 Å². The summed E-state index contributed by atoms with van der Waals surface area (Å²) in [6.45, 7) is 0. The molecule has 0 aliphatic carbocycles. The molecule has 0 radical (unpaired) electrons. The van der Waals surface area contributed by atoms with Gasteiger partial charge in [-0.25, -0.2) is 4.98 Å². The Labute approximate surface area is 105 Å². The molecular formula is C13H13ClN2O. The van der Waals surface area contributed by atoms with Gasteiger partial charge in [-0.1, -0.05) is 29.8 Å². The van der Waals surface area contributed by atoms with E-state index in [1.165, 1.54) is 0 Å². The summed E-state index contributed by atoms with van der Waals surface area (Å²) in [5.41, 5.74) is 8.07. The molecule has 1 heterocycles. The predicted octanol–water partition coefficient (Wildman–Crippen LogP) is 2.79. The number of halogens is 1. The predicted molar refractivity (Wildman–Crippen MR) is 68.3 cm³/mol. The van der Waals surface area contributed by atoms with Gasteiger partial charge in [-0.3, -0.25) is 0 Å². The van der Waals surface area contributed by atoms with Gasteiger partial charge in [0.2, 0.25) is 5.88 Å². The van der Waals surface area contributed by atoms with Crippen LogP contribution >= 0.6 is 11.6 Å². The summed E-state index contributed by atoms with van der Waals surface area (Å²) in [6, 6.07) is 11.0. The van der Waals surface area contributed by atoms with Crippen molar-refractivity contribution in [1.82, 2.24) is 4.98 Å². The van der Waals surface area contributed by atoms with Gasteiger partial charge in [0, 0.05) is 17.3 Å². The van der Waals surface area contributed by atoms with Gasteiger partial charge in [0.1, 0.15) is 0 Å². The number of nitrogens with zero attached hydrogens (tertiary/aromatic N) is 1. The zero-order valence-electron chi connectivity index (χ0n) is 9.43. The van der Waals surface area contributed by atoms with Crippen LogP contribution in [0.5, 0.6) is 5.88 Å². The molecule has 1 aromatic heterocycles. The zero-order chi connectivity index (χ0) is 12.3. The third kappa shape index (κ3) is 2.75. The topological polar surface area (TPSA) is 48.1 Å². The van der Waals surface area contributed by atoms with Gasteiger partial charge in [0.15, 0.2) is 0 Å². The molecule has 0 aliphatic heterocycles. The van der Waals surface area contributed by atoms with Gasteiger partial charge in [0.05, 0.1) is 13.2 Å². The van der Waals surface area contributed by atoms with Crippen molar-refractivity contribution >= 4 is 11.6 Å². The van der Waals surface area contributed by atoms with Crippen LogP contribution in [0.4, 0.5) is 0 Å². The Bertz CT molecular complexity index is 482. The highest BCUT2D eigenvalue weighted by atomic mass is 35.5. The Balaban J connectivity index is 2.23. The van der Waals surface area contributed by atoms with Crippen LogP contribution in [0.15, 0.2) is 42.6 Å². The van der Waals surface area contributed by atoms with E-state index in [2.05, 4.69) is 4.98 Å². The van der Waals surface area contributed by atoms with Gasteiger partial charge < -0.3 is 10.5 Å². The first-order valence-corrected chi connectivity index (χ1v) is 5.59. The highest BCUT2D eigenvalue weighted by molar-refractivity contribution is 6.30. The molecule has 0 aliphatic rings. The third-order valence-electron chi connectivity index (χ3n) is 2.56. The van der Waals surface area contributed by atoms with Crippen molar-refractivity contribution in [3.8, 4) is 5.88 Å². The van der Waals surface area contributed by atoms with Crippen LogP contribution in [0, 0.1) is 0 Å². The highest BCUT2D eigenvalue weighted by Crippen LogP contribution is 2.21. The van der Waals surface area contributed by atoms with Crippen molar-refractivity contribution in [3.63, 3.8) is 0 Å². The maximum atomic E-state index is 6.13. The molecule has 0 amide bonds. The van der Waals surface area contributed by atoms with Crippen LogP contribution in [0.3, 0.4) is 0 Å². The van der Waals surface area contributed by atoms with Crippen LogP contribution in [-0.2, 0) is 0 Å². The van der Waals surface area contributed by atoms with Crippen LogP contribution in [0.25, 0.3) is 0 Å². The first-order valence-electron chi connectivity index (χ1n) is 5.21. The Morgan fingerprint density at radius 1 is 1.12 bits per heavy atom. The van der Waals surface area contributed by atoms with Gasteiger partial charge in [-0.05, 0) is 23.3 Å². The van der Waals surface area contributed by atoms with E-state index in [4.69, 9.17) is 22.1 Å². The third-order valence-corrected chi connectivity index (χ3v) is 2.81. The van der Waals surface area contributed by atoms with Crippen molar-refractivity contribution in [3.05, 3.63) is 58.7 Å². The number of nitrogens with two attached hydrogens (primary N) is 1. The molecule has 3 nitrogen and oxygen atoms in total. The van der Waals surface area contributed by atoms with E-state index in [-0.39, 0.29) is 6.04 Å². The molecule has 0 fully saturated rings. The molecule has 0 spiro atoms. The maximum Gasteiger partial charge on any atom is 0.212 e. The number of ether oxygens (including phenoxy) is 1. The molecule has 4 heteroatoms. The molecule has 2 aromatic rings. The second-order valence-corrected chi connectivity index (χ2v) is 4.10. The smallest absolute Gasteiger partial charge is 0.212 e. The summed E-state index contributed by atoms with van der Waals surface area (Å²) in [4.78, 5) is 4.13. The number of hydrogen-bond donors (Lipinski definition) is 1. The van der Waals surface area contributed by atoms with Gasteiger partial charge >= 0.3 is 0 Å². The molecule has 1 atom stereocenters. The minimum absolute atomic E-state index is 0.203. The van der Waals surface area contributed by atoms with Crippen molar-refractivity contribution in [2.45, 2.75) is 6.04 Å². The van der Waals surface area contributed by atoms with Gasteiger partial charge in [-0.15, -0.1) is 0 Å². The first kappa shape index (κ1) is 11.9. The summed E-state index contributed by atoms with van der Waals surface area (Å²) in [5.74, 6) is 0.581. The lowest BCUT2D eigenvalue weighted by Gasteiger charge is -2.12. The van der Waals surface area contributed by atoms with E-state index in [1.54, 1.807) is 19.4 Å². The average molecular weight is 249 g/mol. The van der Waals surface area contributed by atoms with Crippen molar-refractivity contribution < 1.29 is 4.74 Å². The molecule has 1 unspecified atom stereocenters. The maximum absolute atomic E-state index is 6.13. The SMILES string of the molecule is COc1ccc(C(N)c2ccc(Cl)cc2)cn1. The van der Waals surface area contributed by atoms with E-state index in [0.29, 0.717) is 10.9 Å². The summed E-state index contributed by atoms with van der Waals surface area (Å²) < 4.78 is 5.00. The summed E-state index contributed by atoms with van der Waals surface area (Å²) in [6.07, 6.45) is 1.72.